The van der Waals surface area contributed by atoms with Crippen LogP contribution in [0.25, 0.3) is 38.4 Å². The van der Waals surface area contributed by atoms with E-state index in [9.17, 15) is 0 Å². The van der Waals surface area contributed by atoms with Crippen molar-refractivity contribution >= 4 is 55.9 Å². The fourth-order valence-corrected chi connectivity index (χ4v) is 13.5. The molecule has 13 rings (SSSR count). The van der Waals surface area contributed by atoms with Gasteiger partial charge in [-0.25, -0.2) is 0 Å². The molecule has 4 aliphatic rings. The van der Waals surface area contributed by atoms with E-state index < -0.39 is 0 Å². The van der Waals surface area contributed by atoms with E-state index in [1.807, 2.05) is 36.0 Å². The molecule has 0 fully saturated rings. The van der Waals surface area contributed by atoms with Crippen LogP contribution in [0.15, 0.2) is 175 Å². The first-order chi connectivity index (χ1) is 41.1. The van der Waals surface area contributed by atoms with E-state index in [4.69, 9.17) is 18.9 Å². The third kappa shape index (κ3) is 9.79. The first kappa shape index (κ1) is 54.4. The number of hydrogen-bond donors (Lipinski definition) is 0. The molecule has 4 aliphatic carbocycles. The minimum absolute atomic E-state index is 0.0742. The minimum Gasteiger partial charge on any atom is -0.493 e. The lowest BCUT2D eigenvalue weighted by molar-refractivity contribution is 0.0837. The highest BCUT2D eigenvalue weighted by atomic mass is 16.5. The summed E-state index contributed by atoms with van der Waals surface area (Å²) in [4.78, 5) is 34.7. The van der Waals surface area contributed by atoms with E-state index >= 15 is 9.59 Å². The molecule has 0 aliphatic heterocycles. The fraction of sp³-hybridized carbons (Fsp3) is 0.263. The van der Waals surface area contributed by atoms with E-state index in [2.05, 4.69) is 179 Å². The predicted molar refractivity (Wildman–Crippen MR) is 341 cm³/mol. The summed E-state index contributed by atoms with van der Waals surface area (Å²) >= 11 is 0. The molecule has 0 N–H and O–H groups in total. The van der Waals surface area contributed by atoms with Gasteiger partial charge < -0.3 is 28.7 Å². The van der Waals surface area contributed by atoms with Gasteiger partial charge in [0, 0.05) is 67.9 Å². The lowest BCUT2D eigenvalue weighted by Crippen LogP contribution is -2.31. The first-order valence-electron chi connectivity index (χ1n) is 30.3. The Morgan fingerprint density at radius 2 is 0.905 bits per heavy atom. The van der Waals surface area contributed by atoms with Crippen LogP contribution >= 0.6 is 0 Å². The number of fused-ring (bicyclic) bond motifs is 8. The van der Waals surface area contributed by atoms with Gasteiger partial charge in [0.1, 0.15) is 23.0 Å². The maximum Gasteiger partial charge on any atom is 0.258 e. The van der Waals surface area contributed by atoms with Crippen molar-refractivity contribution in [2.45, 2.75) is 91.4 Å². The van der Waals surface area contributed by atoms with Crippen LogP contribution in [-0.4, -0.2) is 57.2 Å². The molecular formula is C76H72N2O6. The molecule has 8 heteroatoms. The van der Waals surface area contributed by atoms with Crippen molar-refractivity contribution in [3.05, 3.63) is 247 Å². The molecule has 84 heavy (non-hydrogen) atoms. The van der Waals surface area contributed by atoms with Crippen LogP contribution in [0.4, 0.5) is 5.69 Å². The molecule has 0 aromatic heterocycles. The summed E-state index contributed by atoms with van der Waals surface area (Å²) in [7, 11) is 3.82. The van der Waals surface area contributed by atoms with Crippen molar-refractivity contribution in [1.82, 2.24) is 4.90 Å². The molecule has 0 heterocycles. The molecule has 0 radical (unpaired) electrons. The van der Waals surface area contributed by atoms with E-state index in [0.717, 1.165) is 127 Å². The summed E-state index contributed by atoms with van der Waals surface area (Å²) < 4.78 is 27.7. The highest BCUT2D eigenvalue weighted by molar-refractivity contribution is 6.26. The summed E-state index contributed by atoms with van der Waals surface area (Å²) in [6, 6.07) is 46.9. The monoisotopic (exact) mass is 1110 g/mol. The van der Waals surface area contributed by atoms with Crippen LogP contribution < -0.4 is 23.8 Å². The zero-order chi connectivity index (χ0) is 57.6. The van der Waals surface area contributed by atoms with E-state index in [1.54, 1.807) is 0 Å². The van der Waals surface area contributed by atoms with Crippen LogP contribution in [0.2, 0.25) is 0 Å². The summed E-state index contributed by atoms with van der Waals surface area (Å²) in [6.45, 7) is 10.5. The number of hydrogen-bond acceptors (Lipinski definition) is 6. The van der Waals surface area contributed by atoms with Crippen LogP contribution in [-0.2, 0) is 32.1 Å². The van der Waals surface area contributed by atoms with Gasteiger partial charge in [0.2, 0.25) is 0 Å². The largest absolute Gasteiger partial charge is 0.493 e. The summed E-state index contributed by atoms with van der Waals surface area (Å²) in [5.41, 5.74) is 16.7. The third-order valence-corrected chi connectivity index (χ3v) is 17.4. The standard InChI is InChI=1S/C76H72N2O6/c1-7-35-81-71-53-19-13-20-54(71)40-58-44-62(76(80)78(6)66-34-30-52-26-24-48-16-12-18-50-28-32-64(66)70(52)68(48)50)46-60(74(58)84-38-10-4)42-56-22-14-21-55(72(56)82-36-8-2)41-59-45-61(43-57(39-53)73(59)83-37-9-3)75(79)77(5)65-33-29-51-25-23-47-15-11-17-49-27-31-63(65)69(51)67(47)49/h11-27,29-34,43-46,70H,7-10,28,35-42H2,1-6H3. The Morgan fingerprint density at radius 3 is 1.43 bits per heavy atom. The Kier molecular flexibility index (Phi) is 14.9. The highest BCUT2D eigenvalue weighted by Gasteiger charge is 2.36. The van der Waals surface area contributed by atoms with Gasteiger partial charge in [-0.1, -0.05) is 155 Å². The molecular weight excluding hydrogens is 1040 g/mol. The lowest BCUT2D eigenvalue weighted by atomic mass is 9.70. The number of benzene rings is 9. The Hall–Kier alpha value is -8.88. The quantitative estimate of drug-likeness (QED) is 0.0897. The van der Waals surface area contributed by atoms with Gasteiger partial charge in [-0.05, 0) is 168 Å². The van der Waals surface area contributed by atoms with Crippen molar-refractivity contribution < 1.29 is 28.5 Å². The van der Waals surface area contributed by atoms with Gasteiger partial charge in [-0.3, -0.25) is 9.59 Å². The number of carbonyl (C=O) groups is 2. The Labute approximate surface area is 493 Å². The SMILES string of the molecule is CCCOc1c2cccc1Cc1cc(C(=O)N(C)c3ccc4ccc5cccc6ccc3c4c56)cc(c1OCCC)Cc1cccc(c1OCCC)Cc1cc(C(=O)N(C)C3=CC=C4C=Cc5cccc6c5C4C3=CC6)cc(c1OCCC)C2. The zero-order valence-electron chi connectivity index (χ0n) is 49.2. The van der Waals surface area contributed by atoms with Crippen LogP contribution in [0.5, 0.6) is 23.0 Å². The van der Waals surface area contributed by atoms with Crippen molar-refractivity contribution in [2.75, 3.05) is 45.4 Å². The number of rotatable bonds is 16. The van der Waals surface area contributed by atoms with Crippen molar-refractivity contribution in [3.8, 4) is 23.0 Å². The molecule has 2 amide bonds. The van der Waals surface area contributed by atoms with E-state index in [1.165, 1.54) is 44.0 Å². The van der Waals surface area contributed by atoms with Gasteiger partial charge in [-0.15, -0.1) is 0 Å². The van der Waals surface area contributed by atoms with Crippen LogP contribution in [0.1, 0.15) is 141 Å². The van der Waals surface area contributed by atoms with Crippen molar-refractivity contribution in [2.24, 2.45) is 0 Å². The molecule has 8 nitrogen and oxygen atoms in total. The number of amides is 2. The molecule has 1 unspecified atom stereocenters. The fourth-order valence-electron chi connectivity index (χ4n) is 13.5. The number of para-hydroxylation sites is 2. The Balaban J connectivity index is 0.960. The second-order valence-electron chi connectivity index (χ2n) is 23.1. The van der Waals surface area contributed by atoms with Crippen LogP contribution in [0.3, 0.4) is 0 Å². The second kappa shape index (κ2) is 23.0. The molecule has 9 aromatic rings. The molecule has 0 spiro atoms. The van der Waals surface area contributed by atoms with Crippen molar-refractivity contribution in [3.63, 3.8) is 0 Å². The van der Waals surface area contributed by atoms with Gasteiger partial charge in [0.15, 0.2) is 0 Å². The Bertz CT molecular complexity index is 4090. The number of anilines is 1. The molecule has 0 saturated heterocycles. The summed E-state index contributed by atoms with van der Waals surface area (Å²) in [5, 5.41) is 6.90. The average molecular weight is 1110 g/mol. The average Bonchev–Trinajstić information content (AvgIpc) is 3.56. The lowest BCUT2D eigenvalue weighted by Gasteiger charge is -2.37. The van der Waals surface area contributed by atoms with Crippen LogP contribution in [0, 0.1) is 0 Å². The topological polar surface area (TPSA) is 77.5 Å². The molecule has 9 aromatic carbocycles. The molecule has 0 saturated carbocycles. The van der Waals surface area contributed by atoms with Gasteiger partial charge >= 0.3 is 0 Å². The van der Waals surface area contributed by atoms with Gasteiger partial charge in [0.25, 0.3) is 11.8 Å². The molecule has 8 bridgehead atoms. The number of nitrogens with zero attached hydrogens (tertiary/aromatic N) is 2. The Morgan fingerprint density at radius 1 is 0.464 bits per heavy atom. The van der Waals surface area contributed by atoms with E-state index in [0.29, 0.717) is 63.2 Å². The second-order valence-corrected chi connectivity index (χ2v) is 23.1. The zero-order valence-corrected chi connectivity index (χ0v) is 49.2. The third-order valence-electron chi connectivity index (χ3n) is 17.4. The number of allylic oxidation sites excluding steroid dienone is 6. The number of carbonyl (C=O) groups excluding carboxylic acids is 2. The first-order valence-corrected chi connectivity index (χ1v) is 30.3. The minimum atomic E-state index is -0.118. The summed E-state index contributed by atoms with van der Waals surface area (Å²) in [6.07, 6.45) is 16.8. The number of ether oxygens (including phenoxy) is 4. The molecule has 422 valence electrons. The highest BCUT2D eigenvalue weighted by Crippen LogP contribution is 2.49. The van der Waals surface area contributed by atoms with Crippen molar-refractivity contribution in [1.29, 1.82) is 0 Å². The summed E-state index contributed by atoms with van der Waals surface area (Å²) in [5.74, 6) is 2.98. The van der Waals surface area contributed by atoms with Gasteiger partial charge in [-0.2, -0.15) is 0 Å². The smallest absolute Gasteiger partial charge is 0.258 e. The maximum atomic E-state index is 15.5. The number of likely N-dealkylation sites (N-methyl/N-ethyl adjacent to an activating group) is 1. The maximum absolute atomic E-state index is 15.5. The van der Waals surface area contributed by atoms with E-state index in [-0.39, 0.29) is 17.7 Å². The van der Waals surface area contributed by atoms with Gasteiger partial charge in [0.05, 0.1) is 32.1 Å². The predicted octanol–water partition coefficient (Wildman–Crippen LogP) is 16.9. The molecule has 1 atom stereocenters. The normalized spacial score (nSPS) is 14.8.